The van der Waals surface area contributed by atoms with Gasteiger partial charge in [-0.1, -0.05) is 59.7 Å². The van der Waals surface area contributed by atoms with Crippen LogP contribution in [0.2, 0.25) is 0 Å². The fourth-order valence-corrected chi connectivity index (χ4v) is 1.95. The van der Waals surface area contributed by atoms with Crippen molar-refractivity contribution < 1.29 is 4.65 Å². The molecule has 2 rings (SSSR count). The van der Waals surface area contributed by atoms with Crippen LogP contribution in [0, 0.1) is 13.8 Å². The molecule has 2 aromatic rings. The maximum Gasteiger partial charge on any atom is 0.361 e. The second kappa shape index (κ2) is 5.20. The Morgan fingerprint density at radius 3 is 1.35 bits per heavy atom. The normalized spacial score (nSPS) is 10.3. The van der Waals surface area contributed by atoms with E-state index in [0.29, 0.717) is 0 Å². The van der Waals surface area contributed by atoms with Crippen molar-refractivity contribution >= 4 is 17.8 Å². The van der Waals surface area contributed by atoms with Gasteiger partial charge in [-0.2, -0.15) is 0 Å². The Balaban J connectivity index is 2.33. The van der Waals surface area contributed by atoms with Crippen LogP contribution < -0.4 is 10.9 Å². The van der Waals surface area contributed by atoms with Gasteiger partial charge in [0.25, 0.3) is 0 Å². The Kier molecular flexibility index (Phi) is 3.65. The number of hydrogen-bond donors (Lipinski definition) is 0. The molecule has 2 aromatic carbocycles. The molecule has 0 bridgehead atoms. The summed E-state index contributed by atoms with van der Waals surface area (Å²) in [6.45, 7) is 4.21. The van der Waals surface area contributed by atoms with Crippen molar-refractivity contribution in [3.05, 3.63) is 59.7 Å². The summed E-state index contributed by atoms with van der Waals surface area (Å²) in [6.07, 6.45) is 0. The van der Waals surface area contributed by atoms with Gasteiger partial charge in [-0.3, -0.25) is 0 Å². The third kappa shape index (κ3) is 2.77. The Bertz CT molecular complexity index is 428. The maximum atomic E-state index is 5.60. The highest BCUT2D eigenvalue weighted by atomic mass is 16.4. The lowest BCUT2D eigenvalue weighted by molar-refractivity contribution is 0.439. The van der Waals surface area contributed by atoms with Gasteiger partial charge < -0.3 is 4.65 Å². The highest BCUT2D eigenvalue weighted by Gasteiger charge is 2.19. The van der Waals surface area contributed by atoms with Gasteiger partial charge in [0.15, 0.2) is 0 Å². The molecule has 17 heavy (non-hydrogen) atoms. The van der Waals surface area contributed by atoms with E-state index in [1.54, 1.807) is 7.11 Å². The average molecular weight is 224 g/mol. The quantitative estimate of drug-likeness (QED) is 0.725. The van der Waals surface area contributed by atoms with Crippen LogP contribution in [0.5, 0.6) is 0 Å². The zero-order chi connectivity index (χ0) is 12.3. The summed E-state index contributed by atoms with van der Waals surface area (Å²) in [7, 11) is 1.75. The summed E-state index contributed by atoms with van der Waals surface area (Å²) >= 11 is 0. The SMILES string of the molecule is COB(c1ccc(C)cc1)c1ccc(C)cc1. The molecule has 0 aromatic heterocycles. The number of hydrogen-bond acceptors (Lipinski definition) is 1. The zero-order valence-electron chi connectivity index (χ0n) is 10.6. The van der Waals surface area contributed by atoms with Gasteiger partial charge >= 0.3 is 6.92 Å². The summed E-state index contributed by atoms with van der Waals surface area (Å²) in [4.78, 5) is 0. The first-order valence-corrected chi connectivity index (χ1v) is 5.86. The molecule has 86 valence electrons. The van der Waals surface area contributed by atoms with Crippen LogP contribution in [-0.2, 0) is 4.65 Å². The molecule has 0 radical (unpaired) electrons. The second-order valence-corrected chi connectivity index (χ2v) is 4.44. The largest absolute Gasteiger partial charge is 0.430 e. The zero-order valence-corrected chi connectivity index (χ0v) is 10.6. The van der Waals surface area contributed by atoms with Gasteiger partial charge in [0.1, 0.15) is 0 Å². The minimum Gasteiger partial charge on any atom is -0.430 e. The van der Waals surface area contributed by atoms with E-state index in [0.717, 1.165) is 0 Å². The van der Waals surface area contributed by atoms with E-state index in [1.807, 2.05) is 0 Å². The van der Waals surface area contributed by atoms with Crippen LogP contribution in [0.25, 0.3) is 0 Å². The molecule has 0 spiro atoms. The molecular weight excluding hydrogens is 207 g/mol. The fraction of sp³-hybridized carbons (Fsp3) is 0.200. The molecular formula is C15H17BO. The first-order chi connectivity index (χ1) is 8.20. The van der Waals surface area contributed by atoms with Gasteiger partial charge in [0, 0.05) is 7.11 Å². The Labute approximate surface area is 104 Å². The summed E-state index contributed by atoms with van der Waals surface area (Å²) in [5.41, 5.74) is 4.93. The number of aryl methyl sites for hydroxylation is 2. The minimum atomic E-state index is 0.0243. The lowest BCUT2D eigenvalue weighted by Gasteiger charge is -2.12. The Hall–Kier alpha value is -1.54. The molecule has 0 unspecified atom stereocenters. The first-order valence-electron chi connectivity index (χ1n) is 5.86. The van der Waals surface area contributed by atoms with E-state index >= 15 is 0 Å². The van der Waals surface area contributed by atoms with Crippen molar-refractivity contribution in [2.24, 2.45) is 0 Å². The van der Waals surface area contributed by atoms with E-state index in [2.05, 4.69) is 62.4 Å². The average Bonchev–Trinajstić information content (AvgIpc) is 2.35. The third-order valence-electron chi connectivity index (χ3n) is 3.00. The Morgan fingerprint density at radius 1 is 0.706 bits per heavy atom. The predicted octanol–water partition coefficient (Wildman–Crippen LogP) is 2.06. The molecule has 0 aliphatic heterocycles. The van der Waals surface area contributed by atoms with Crippen LogP contribution in [0.3, 0.4) is 0 Å². The van der Waals surface area contributed by atoms with Crippen molar-refractivity contribution in [2.75, 3.05) is 7.11 Å². The highest BCUT2D eigenvalue weighted by molar-refractivity contribution is 6.79. The minimum absolute atomic E-state index is 0.0243. The van der Waals surface area contributed by atoms with Gasteiger partial charge in [0.05, 0.1) is 0 Å². The molecule has 0 saturated heterocycles. The van der Waals surface area contributed by atoms with Crippen molar-refractivity contribution in [2.45, 2.75) is 13.8 Å². The summed E-state index contributed by atoms with van der Waals surface area (Å²) in [6, 6.07) is 17.0. The highest BCUT2D eigenvalue weighted by Crippen LogP contribution is 1.99. The molecule has 0 N–H and O–H groups in total. The second-order valence-electron chi connectivity index (χ2n) is 4.44. The predicted molar refractivity (Wildman–Crippen MR) is 74.4 cm³/mol. The summed E-state index contributed by atoms with van der Waals surface area (Å²) in [5.74, 6) is 0. The smallest absolute Gasteiger partial charge is 0.361 e. The van der Waals surface area contributed by atoms with Crippen LogP contribution in [-0.4, -0.2) is 14.0 Å². The van der Waals surface area contributed by atoms with E-state index in [9.17, 15) is 0 Å². The van der Waals surface area contributed by atoms with Gasteiger partial charge in [-0.15, -0.1) is 0 Å². The van der Waals surface area contributed by atoms with Crippen molar-refractivity contribution in [1.82, 2.24) is 0 Å². The van der Waals surface area contributed by atoms with E-state index in [4.69, 9.17) is 4.65 Å². The first kappa shape index (κ1) is 11.9. The summed E-state index contributed by atoms with van der Waals surface area (Å²) in [5, 5.41) is 0. The molecule has 0 fully saturated rings. The van der Waals surface area contributed by atoms with Gasteiger partial charge in [0.2, 0.25) is 0 Å². The number of rotatable bonds is 3. The molecule has 0 heterocycles. The molecule has 0 aliphatic rings. The molecule has 0 atom stereocenters. The van der Waals surface area contributed by atoms with Crippen molar-refractivity contribution in [3.8, 4) is 0 Å². The van der Waals surface area contributed by atoms with Crippen LogP contribution in [0.15, 0.2) is 48.5 Å². The lowest BCUT2D eigenvalue weighted by Crippen LogP contribution is -2.44. The monoisotopic (exact) mass is 224 g/mol. The number of benzene rings is 2. The summed E-state index contributed by atoms with van der Waals surface area (Å²) < 4.78 is 5.60. The van der Waals surface area contributed by atoms with Crippen LogP contribution in [0.4, 0.5) is 0 Å². The van der Waals surface area contributed by atoms with Crippen LogP contribution in [0.1, 0.15) is 11.1 Å². The van der Waals surface area contributed by atoms with Crippen molar-refractivity contribution in [1.29, 1.82) is 0 Å². The van der Waals surface area contributed by atoms with Gasteiger partial charge in [-0.25, -0.2) is 0 Å². The Morgan fingerprint density at radius 2 is 1.06 bits per heavy atom. The fourth-order valence-electron chi connectivity index (χ4n) is 1.95. The molecule has 2 heteroatoms. The molecule has 0 amide bonds. The van der Waals surface area contributed by atoms with E-state index < -0.39 is 0 Å². The van der Waals surface area contributed by atoms with E-state index in [-0.39, 0.29) is 6.92 Å². The standard InChI is InChI=1S/C15H17BO/c1-12-4-8-14(9-5-12)16(17-3)15-10-6-13(2)7-11-15/h4-11H,1-3H3. The maximum absolute atomic E-state index is 5.60. The molecule has 1 nitrogen and oxygen atoms in total. The molecule has 0 saturated carbocycles. The third-order valence-corrected chi connectivity index (χ3v) is 3.00. The van der Waals surface area contributed by atoms with Crippen molar-refractivity contribution in [3.63, 3.8) is 0 Å². The van der Waals surface area contributed by atoms with E-state index in [1.165, 1.54) is 22.1 Å². The van der Waals surface area contributed by atoms with Crippen LogP contribution >= 0.6 is 0 Å². The van der Waals surface area contributed by atoms with Gasteiger partial charge in [-0.05, 0) is 24.8 Å². The topological polar surface area (TPSA) is 9.23 Å². The lowest BCUT2D eigenvalue weighted by atomic mass is 9.55. The molecule has 0 aliphatic carbocycles.